The molecule has 1 N–H and O–H groups in total. The van der Waals surface area contributed by atoms with E-state index in [1.807, 2.05) is 18.2 Å². The molecule has 124 valence electrons. The zero-order valence-electron chi connectivity index (χ0n) is 13.6. The Kier molecular flexibility index (Phi) is 5.25. The van der Waals surface area contributed by atoms with Crippen molar-refractivity contribution in [1.82, 2.24) is 15.2 Å². The summed E-state index contributed by atoms with van der Waals surface area (Å²) in [5.41, 5.74) is 1.04. The number of para-hydroxylation sites is 1. The molecule has 1 fully saturated rings. The van der Waals surface area contributed by atoms with Crippen molar-refractivity contribution in [3.8, 4) is 0 Å². The first-order chi connectivity index (χ1) is 11.1. The normalized spacial score (nSPS) is 22.3. The second-order valence-corrected chi connectivity index (χ2v) is 7.20. The summed E-state index contributed by atoms with van der Waals surface area (Å²) in [7, 11) is 0. The largest absolute Gasteiger partial charge is 0.378 e. The minimum atomic E-state index is 0.0757. The molecule has 23 heavy (non-hydrogen) atoms. The van der Waals surface area contributed by atoms with Gasteiger partial charge in [0.25, 0.3) is 0 Å². The van der Waals surface area contributed by atoms with E-state index in [4.69, 9.17) is 4.74 Å². The Hall–Kier alpha value is -1.50. The average Bonchev–Trinajstić information content (AvgIpc) is 2.94. The number of fused-ring (bicyclic) bond motifs is 1. The predicted molar refractivity (Wildman–Crippen MR) is 92.8 cm³/mol. The highest BCUT2D eigenvalue weighted by atomic mass is 32.1. The third-order valence-corrected chi connectivity index (χ3v) is 5.27. The van der Waals surface area contributed by atoms with Crippen LogP contribution in [0.25, 0.3) is 10.2 Å². The lowest BCUT2D eigenvalue weighted by Gasteiger charge is -2.38. The van der Waals surface area contributed by atoms with Gasteiger partial charge in [-0.3, -0.25) is 9.69 Å². The van der Waals surface area contributed by atoms with E-state index in [-0.39, 0.29) is 18.0 Å². The minimum Gasteiger partial charge on any atom is -0.378 e. The molecule has 2 atom stereocenters. The van der Waals surface area contributed by atoms with Gasteiger partial charge in [-0.25, -0.2) is 4.98 Å². The quantitative estimate of drug-likeness (QED) is 0.910. The van der Waals surface area contributed by atoms with E-state index < -0.39 is 0 Å². The van der Waals surface area contributed by atoms with Crippen LogP contribution in [0.2, 0.25) is 0 Å². The van der Waals surface area contributed by atoms with Gasteiger partial charge in [0.05, 0.1) is 35.0 Å². The molecule has 1 aromatic carbocycles. The summed E-state index contributed by atoms with van der Waals surface area (Å²) in [6, 6.07) is 8.70. The number of aromatic nitrogens is 1. The van der Waals surface area contributed by atoms with Crippen molar-refractivity contribution < 1.29 is 9.53 Å². The molecule has 0 radical (unpaired) electrons. The number of hydrogen-bond acceptors (Lipinski definition) is 5. The van der Waals surface area contributed by atoms with E-state index in [9.17, 15) is 4.79 Å². The number of carbonyl (C=O) groups is 1. The monoisotopic (exact) mass is 333 g/mol. The smallest absolute Gasteiger partial charge is 0.234 e. The number of carbonyl (C=O) groups excluding carboxylic acids is 1. The van der Waals surface area contributed by atoms with Crippen LogP contribution in [0.1, 0.15) is 18.9 Å². The molecule has 2 heterocycles. The summed E-state index contributed by atoms with van der Waals surface area (Å²) in [6.07, 6.45) is 0.777. The Labute approximate surface area is 140 Å². The molecule has 6 heteroatoms. The lowest BCUT2D eigenvalue weighted by Crippen LogP contribution is -2.53. The number of thiazole rings is 1. The molecule has 1 saturated heterocycles. The molecule has 1 amide bonds. The summed E-state index contributed by atoms with van der Waals surface area (Å²) in [4.78, 5) is 18.9. The molecule has 1 aliphatic rings. The Morgan fingerprint density at radius 2 is 2.09 bits per heavy atom. The average molecular weight is 333 g/mol. The molecule has 0 saturated carbocycles. The fourth-order valence-corrected chi connectivity index (χ4v) is 3.87. The van der Waals surface area contributed by atoms with Crippen molar-refractivity contribution >= 4 is 27.5 Å². The molecule has 3 rings (SSSR count). The summed E-state index contributed by atoms with van der Waals surface area (Å²) in [5.74, 6) is 0.0757. The van der Waals surface area contributed by atoms with Crippen LogP contribution in [0.4, 0.5) is 0 Å². The van der Waals surface area contributed by atoms with E-state index >= 15 is 0 Å². The predicted octanol–water partition coefficient (Wildman–Crippen LogP) is 2.06. The molecule has 1 aromatic heterocycles. The van der Waals surface area contributed by atoms with Crippen LogP contribution < -0.4 is 5.32 Å². The minimum absolute atomic E-state index is 0.0757. The molecular weight excluding hydrogens is 310 g/mol. The Morgan fingerprint density at radius 1 is 1.35 bits per heavy atom. The summed E-state index contributed by atoms with van der Waals surface area (Å²) >= 11 is 1.70. The van der Waals surface area contributed by atoms with Gasteiger partial charge in [0.2, 0.25) is 5.91 Å². The van der Waals surface area contributed by atoms with Gasteiger partial charge in [0.15, 0.2) is 0 Å². The van der Waals surface area contributed by atoms with Crippen LogP contribution in [-0.4, -0.2) is 54.2 Å². The van der Waals surface area contributed by atoms with E-state index in [1.165, 1.54) is 4.70 Å². The van der Waals surface area contributed by atoms with Crippen molar-refractivity contribution in [1.29, 1.82) is 0 Å². The SMILES string of the molecule is C[C@H]1COC[C@H](C)N1CC(=O)NCCc1nc2ccccc2s1. The number of rotatable bonds is 5. The van der Waals surface area contributed by atoms with E-state index in [0.29, 0.717) is 26.3 Å². The van der Waals surface area contributed by atoms with Crippen LogP contribution >= 0.6 is 11.3 Å². The van der Waals surface area contributed by atoms with Crippen molar-refractivity contribution in [3.63, 3.8) is 0 Å². The number of morpholine rings is 1. The van der Waals surface area contributed by atoms with Gasteiger partial charge in [-0.1, -0.05) is 12.1 Å². The molecule has 0 aliphatic carbocycles. The number of hydrogen-bond donors (Lipinski definition) is 1. The van der Waals surface area contributed by atoms with Crippen LogP contribution in [0.5, 0.6) is 0 Å². The second-order valence-electron chi connectivity index (χ2n) is 6.08. The molecule has 0 unspecified atom stereocenters. The summed E-state index contributed by atoms with van der Waals surface area (Å²) < 4.78 is 6.69. The standard InChI is InChI=1S/C17H23N3O2S/c1-12-10-22-11-13(2)20(12)9-16(21)18-8-7-17-19-14-5-3-4-6-15(14)23-17/h3-6,12-13H,7-11H2,1-2H3,(H,18,21)/t12-,13-/m0/s1. The highest BCUT2D eigenvalue weighted by Crippen LogP contribution is 2.21. The third kappa shape index (κ3) is 4.07. The highest BCUT2D eigenvalue weighted by molar-refractivity contribution is 7.18. The molecule has 1 aliphatic heterocycles. The lowest BCUT2D eigenvalue weighted by molar-refractivity contribution is -0.126. The van der Waals surface area contributed by atoms with Crippen LogP contribution in [-0.2, 0) is 16.0 Å². The Balaban J connectivity index is 1.47. The van der Waals surface area contributed by atoms with Crippen LogP contribution in [0.15, 0.2) is 24.3 Å². The second kappa shape index (κ2) is 7.38. The first-order valence-electron chi connectivity index (χ1n) is 8.08. The van der Waals surface area contributed by atoms with E-state index in [0.717, 1.165) is 16.9 Å². The summed E-state index contributed by atoms with van der Waals surface area (Å²) in [6.45, 7) is 6.66. The topological polar surface area (TPSA) is 54.5 Å². The van der Waals surface area contributed by atoms with Crippen molar-refractivity contribution in [2.75, 3.05) is 26.3 Å². The third-order valence-electron chi connectivity index (χ3n) is 4.18. The first-order valence-corrected chi connectivity index (χ1v) is 8.90. The number of ether oxygens (including phenoxy) is 1. The van der Waals surface area contributed by atoms with Gasteiger partial charge in [-0.2, -0.15) is 0 Å². The molecule has 5 nitrogen and oxygen atoms in total. The highest BCUT2D eigenvalue weighted by Gasteiger charge is 2.26. The van der Waals surface area contributed by atoms with Gasteiger partial charge in [-0.05, 0) is 26.0 Å². The fraction of sp³-hybridized carbons (Fsp3) is 0.529. The van der Waals surface area contributed by atoms with Crippen molar-refractivity contribution in [2.24, 2.45) is 0 Å². The first kappa shape index (κ1) is 16.4. The van der Waals surface area contributed by atoms with Gasteiger partial charge < -0.3 is 10.1 Å². The number of nitrogens with one attached hydrogen (secondary N) is 1. The van der Waals surface area contributed by atoms with Crippen molar-refractivity contribution in [2.45, 2.75) is 32.4 Å². The molecular formula is C17H23N3O2S. The molecule has 2 aromatic rings. The number of nitrogens with zero attached hydrogens (tertiary/aromatic N) is 2. The Bertz CT molecular complexity index is 630. The zero-order chi connectivity index (χ0) is 16.2. The van der Waals surface area contributed by atoms with Gasteiger partial charge in [-0.15, -0.1) is 11.3 Å². The van der Waals surface area contributed by atoms with Gasteiger partial charge >= 0.3 is 0 Å². The van der Waals surface area contributed by atoms with Crippen LogP contribution in [0, 0.1) is 0 Å². The van der Waals surface area contributed by atoms with Gasteiger partial charge in [0, 0.05) is 25.0 Å². The molecule has 0 spiro atoms. The van der Waals surface area contributed by atoms with E-state index in [1.54, 1.807) is 11.3 Å². The van der Waals surface area contributed by atoms with Crippen molar-refractivity contribution in [3.05, 3.63) is 29.3 Å². The maximum absolute atomic E-state index is 12.2. The van der Waals surface area contributed by atoms with E-state index in [2.05, 4.69) is 35.1 Å². The maximum atomic E-state index is 12.2. The zero-order valence-corrected chi connectivity index (χ0v) is 14.4. The number of benzene rings is 1. The summed E-state index contributed by atoms with van der Waals surface area (Å²) in [5, 5.41) is 4.08. The van der Waals surface area contributed by atoms with Gasteiger partial charge in [0.1, 0.15) is 0 Å². The lowest BCUT2D eigenvalue weighted by atomic mass is 10.2. The van der Waals surface area contributed by atoms with Crippen LogP contribution in [0.3, 0.4) is 0 Å². The molecule has 0 bridgehead atoms. The fourth-order valence-electron chi connectivity index (χ4n) is 2.90. The Morgan fingerprint density at radius 3 is 2.83 bits per heavy atom. The number of amides is 1. The maximum Gasteiger partial charge on any atom is 0.234 e.